The maximum atomic E-state index is 4.06. The second kappa shape index (κ2) is 15.1. The molecule has 0 heterocycles. The van der Waals surface area contributed by atoms with E-state index in [0.717, 1.165) is 12.8 Å². The maximum Gasteiger partial charge on any atom is 4.00 e. The van der Waals surface area contributed by atoms with Crippen molar-refractivity contribution in [3.05, 3.63) is 82.5 Å². The molecule has 184 valence electrons. The summed E-state index contributed by atoms with van der Waals surface area (Å²) in [6, 6.07) is 20.3. The number of hydrogen-bond acceptors (Lipinski definition) is 0. The van der Waals surface area contributed by atoms with Crippen LogP contribution in [0.5, 0.6) is 0 Å². The van der Waals surface area contributed by atoms with E-state index in [1.807, 2.05) is 0 Å². The van der Waals surface area contributed by atoms with E-state index in [2.05, 4.69) is 103 Å². The van der Waals surface area contributed by atoms with Gasteiger partial charge in [0.15, 0.2) is 0 Å². The first-order valence-electron chi connectivity index (χ1n) is 11.8. The number of rotatable bonds is 8. The summed E-state index contributed by atoms with van der Waals surface area (Å²) in [7, 11) is -2.19. The molecule has 0 aliphatic heterocycles. The average Bonchev–Trinajstić information content (AvgIpc) is 2.98. The molecule has 0 amide bonds. The summed E-state index contributed by atoms with van der Waals surface area (Å²) in [5.41, 5.74) is 7.29. The monoisotopic (exact) mass is 568 g/mol. The molecule has 1 aliphatic carbocycles. The number of hydrogen-bond donors (Lipinski definition) is 0. The number of halogens is 3. The van der Waals surface area contributed by atoms with Gasteiger partial charge in [0.1, 0.15) is 8.07 Å². The fourth-order valence-electron chi connectivity index (χ4n) is 5.51. The van der Waals surface area contributed by atoms with Gasteiger partial charge < -0.3 is 37.2 Å². The van der Waals surface area contributed by atoms with Gasteiger partial charge in [0.2, 0.25) is 0 Å². The number of unbranched alkanes of at least 4 members (excludes halogenated alkanes) is 1. The summed E-state index contributed by atoms with van der Waals surface area (Å²) in [5, 5.41) is 3.15. The molecular formula is C29H39Cl3SiTi. The second-order valence-electron chi connectivity index (χ2n) is 9.25. The Morgan fingerprint density at radius 2 is 1.32 bits per heavy atom. The van der Waals surface area contributed by atoms with Crippen LogP contribution in [-0.2, 0) is 34.6 Å². The van der Waals surface area contributed by atoms with E-state index in [0.29, 0.717) is 0 Å². The molecule has 0 nitrogen and oxygen atoms in total. The largest absolute Gasteiger partial charge is 4.00 e. The number of allylic oxidation sites excluding steroid dienone is 4. The van der Waals surface area contributed by atoms with Crippen molar-refractivity contribution in [1.82, 2.24) is 0 Å². The van der Waals surface area contributed by atoms with Crippen LogP contribution in [0.4, 0.5) is 0 Å². The van der Waals surface area contributed by atoms with E-state index in [9.17, 15) is 0 Å². The zero-order valence-electron chi connectivity index (χ0n) is 21.8. The van der Waals surface area contributed by atoms with E-state index in [1.54, 1.807) is 10.4 Å². The summed E-state index contributed by atoms with van der Waals surface area (Å²) in [6.45, 7) is 16.3. The van der Waals surface area contributed by atoms with E-state index >= 15 is 0 Å². The smallest absolute Gasteiger partial charge is 1.00 e. The molecule has 0 saturated carbocycles. The van der Waals surface area contributed by atoms with Gasteiger partial charge in [0.25, 0.3) is 0 Å². The van der Waals surface area contributed by atoms with Crippen molar-refractivity contribution in [2.75, 3.05) is 0 Å². The molecular weight excluding hydrogens is 531 g/mol. The summed E-state index contributed by atoms with van der Waals surface area (Å²) < 4.78 is 0. The Bertz CT molecular complexity index is 948. The number of aryl methyl sites for hydroxylation is 2. The first-order chi connectivity index (χ1) is 14.3. The zero-order valence-corrected chi connectivity index (χ0v) is 26.6. The fourth-order valence-corrected chi connectivity index (χ4v) is 11.8. The van der Waals surface area contributed by atoms with Crippen LogP contribution in [0.25, 0.3) is 0 Å². The molecule has 0 bridgehead atoms. The molecule has 0 N–H and O–H groups in total. The van der Waals surface area contributed by atoms with Gasteiger partial charge in [-0.15, -0.1) is 6.92 Å². The molecule has 5 heteroatoms. The molecule has 1 aliphatic rings. The minimum Gasteiger partial charge on any atom is -1.00 e. The SMILES string of the molecule is CCCC[Si](c1ccccc1)(c1cc(CC)cc(CC)c1)C1(C)[C-]=C(C)C(C)=C1C.[Cl-].[Cl-].[Cl-].[Ti+4]. The Morgan fingerprint density at radius 3 is 1.74 bits per heavy atom. The van der Waals surface area contributed by atoms with Gasteiger partial charge >= 0.3 is 21.7 Å². The molecule has 2 aromatic rings. The molecule has 34 heavy (non-hydrogen) atoms. The van der Waals surface area contributed by atoms with Crippen LogP contribution in [0.2, 0.25) is 11.1 Å². The topological polar surface area (TPSA) is 0 Å². The predicted octanol–water partition coefficient (Wildman–Crippen LogP) is -1.96. The van der Waals surface area contributed by atoms with Crippen molar-refractivity contribution in [2.45, 2.75) is 85.2 Å². The Morgan fingerprint density at radius 1 is 0.794 bits per heavy atom. The van der Waals surface area contributed by atoms with Crippen molar-refractivity contribution < 1.29 is 58.9 Å². The summed E-state index contributed by atoms with van der Waals surface area (Å²) in [5.74, 6) is 0. The molecule has 2 aromatic carbocycles. The van der Waals surface area contributed by atoms with Gasteiger partial charge in [-0.25, -0.2) is 5.57 Å². The second-order valence-corrected chi connectivity index (χ2v) is 13.7. The Labute approximate surface area is 243 Å². The standard InChI is InChI=1S/C29H39Si.3ClH.Ti/c1-8-11-17-30(27-15-13-12-14-16-27,29(7)21-22(4)23(5)24(29)6)28-19-25(9-2)18-26(10-3)20-28;;;;/h12-16,18-20H,8-11,17H2,1-7H3;3*1H;/q-1;;;;+4/p-3. The van der Waals surface area contributed by atoms with E-state index < -0.39 is 8.07 Å². The van der Waals surface area contributed by atoms with Crippen LogP contribution in [0, 0.1) is 6.08 Å². The third-order valence-electron chi connectivity index (χ3n) is 7.70. The number of benzene rings is 2. The molecule has 0 aromatic heterocycles. The van der Waals surface area contributed by atoms with E-state index in [-0.39, 0.29) is 64.0 Å². The Hall–Kier alpha value is -0.279. The van der Waals surface area contributed by atoms with Crippen LogP contribution in [-0.4, -0.2) is 8.07 Å². The third kappa shape index (κ3) is 6.34. The molecule has 0 radical (unpaired) electrons. The molecule has 0 spiro atoms. The van der Waals surface area contributed by atoms with Crippen LogP contribution >= 0.6 is 0 Å². The summed E-state index contributed by atoms with van der Waals surface area (Å²) in [6.07, 6.45) is 8.74. The predicted molar refractivity (Wildman–Crippen MR) is 136 cm³/mol. The summed E-state index contributed by atoms with van der Waals surface area (Å²) in [4.78, 5) is 0. The molecule has 0 saturated heterocycles. The quantitative estimate of drug-likeness (QED) is 0.256. The van der Waals surface area contributed by atoms with Crippen LogP contribution in [0.15, 0.2) is 65.3 Å². The minimum atomic E-state index is -2.19. The fraction of sp³-hybridized carbons (Fsp3) is 0.448. The van der Waals surface area contributed by atoms with Crippen LogP contribution in [0.3, 0.4) is 0 Å². The zero-order chi connectivity index (χ0) is 21.9. The van der Waals surface area contributed by atoms with Gasteiger partial charge in [0, 0.05) is 0 Å². The average molecular weight is 570 g/mol. The first kappa shape index (κ1) is 35.9. The van der Waals surface area contributed by atoms with Crippen molar-refractivity contribution in [3.63, 3.8) is 0 Å². The molecule has 3 rings (SSSR count). The third-order valence-corrected chi connectivity index (χ3v) is 13.6. The normalized spacial score (nSPS) is 18.5. The van der Waals surface area contributed by atoms with Crippen LogP contribution < -0.4 is 47.6 Å². The van der Waals surface area contributed by atoms with Crippen molar-refractivity contribution in [2.24, 2.45) is 0 Å². The van der Waals surface area contributed by atoms with E-state index in [4.69, 9.17) is 0 Å². The van der Waals surface area contributed by atoms with Crippen molar-refractivity contribution in [3.8, 4) is 0 Å². The van der Waals surface area contributed by atoms with Crippen molar-refractivity contribution >= 4 is 18.4 Å². The first-order valence-corrected chi connectivity index (χ1v) is 14.0. The van der Waals surface area contributed by atoms with Gasteiger partial charge in [-0.05, 0) is 30.0 Å². The molecule has 0 fully saturated rings. The molecule has 2 atom stereocenters. The Balaban J connectivity index is 0. The summed E-state index contributed by atoms with van der Waals surface area (Å²) >= 11 is 0. The molecule has 2 unspecified atom stereocenters. The van der Waals surface area contributed by atoms with Crippen molar-refractivity contribution in [1.29, 1.82) is 0 Å². The Kier molecular flexibility index (Phi) is 15.9. The van der Waals surface area contributed by atoms with Gasteiger partial charge in [-0.2, -0.15) is 11.1 Å². The van der Waals surface area contributed by atoms with Gasteiger partial charge in [0.05, 0.1) is 0 Å². The van der Waals surface area contributed by atoms with Gasteiger partial charge in [-0.1, -0.05) is 118 Å². The minimum absolute atomic E-state index is 0. The van der Waals surface area contributed by atoms with Crippen LogP contribution in [0.1, 0.15) is 72.4 Å². The maximum absolute atomic E-state index is 4.06. The van der Waals surface area contributed by atoms with Gasteiger partial charge in [-0.3, -0.25) is 6.08 Å². The van der Waals surface area contributed by atoms with E-state index in [1.165, 1.54) is 46.7 Å².